The van der Waals surface area contributed by atoms with E-state index >= 15 is 0 Å². The van der Waals surface area contributed by atoms with Gasteiger partial charge in [0, 0.05) is 12.2 Å². The number of nitrogens with one attached hydrogen (secondary N) is 1. The van der Waals surface area contributed by atoms with Gasteiger partial charge >= 0.3 is 6.09 Å². The van der Waals surface area contributed by atoms with Gasteiger partial charge < -0.3 is 15.8 Å². The van der Waals surface area contributed by atoms with Crippen LogP contribution in [0.4, 0.5) is 10.6 Å². The predicted octanol–water partition coefficient (Wildman–Crippen LogP) is 2.00. The maximum Gasteiger partial charge on any atom is 0.407 e. The second kappa shape index (κ2) is 5.03. The molecule has 0 aliphatic heterocycles. The van der Waals surface area contributed by atoms with E-state index in [1.54, 1.807) is 6.07 Å². The molecule has 94 valence electrons. The summed E-state index contributed by atoms with van der Waals surface area (Å²) in [6.45, 7) is 7.70. The van der Waals surface area contributed by atoms with Crippen molar-refractivity contribution >= 4 is 11.9 Å². The summed E-state index contributed by atoms with van der Waals surface area (Å²) in [5, 5.41) is 2.67. The van der Waals surface area contributed by atoms with Crippen molar-refractivity contribution in [2.75, 3.05) is 5.73 Å². The Morgan fingerprint density at radius 3 is 2.65 bits per heavy atom. The lowest BCUT2D eigenvalue weighted by molar-refractivity contribution is 0.0523. The van der Waals surface area contributed by atoms with Crippen LogP contribution in [-0.2, 0) is 11.3 Å². The Balaban J connectivity index is 2.53. The van der Waals surface area contributed by atoms with Crippen LogP contribution in [0.15, 0.2) is 12.1 Å². The fourth-order valence-electron chi connectivity index (χ4n) is 1.28. The summed E-state index contributed by atoms with van der Waals surface area (Å²) in [4.78, 5) is 15.5. The Morgan fingerprint density at radius 2 is 2.12 bits per heavy atom. The molecule has 0 saturated carbocycles. The molecule has 0 saturated heterocycles. The van der Waals surface area contributed by atoms with Crippen molar-refractivity contribution in [2.24, 2.45) is 0 Å². The molecule has 5 nitrogen and oxygen atoms in total. The molecule has 0 atom stereocenters. The number of rotatable bonds is 2. The van der Waals surface area contributed by atoms with E-state index in [1.807, 2.05) is 33.8 Å². The minimum absolute atomic E-state index is 0.383. The standard InChI is InChI=1S/C12H19N3O2/c1-8-9(5-6-10(13)15-8)7-14-11(16)17-12(2,3)4/h5-6H,7H2,1-4H3,(H2,13,15)(H,14,16). The molecule has 3 N–H and O–H groups in total. The highest BCUT2D eigenvalue weighted by Crippen LogP contribution is 2.09. The molecular formula is C12H19N3O2. The third-order valence-electron chi connectivity index (χ3n) is 2.04. The van der Waals surface area contributed by atoms with Gasteiger partial charge in [0.25, 0.3) is 0 Å². The average molecular weight is 237 g/mol. The second-order valence-corrected chi connectivity index (χ2v) is 4.84. The molecule has 1 aromatic heterocycles. The van der Waals surface area contributed by atoms with Crippen LogP contribution in [-0.4, -0.2) is 16.7 Å². The first kappa shape index (κ1) is 13.3. The van der Waals surface area contributed by atoms with Crippen molar-refractivity contribution in [3.63, 3.8) is 0 Å². The number of ether oxygens (including phenoxy) is 1. The number of pyridine rings is 1. The first-order chi connectivity index (χ1) is 7.78. The minimum Gasteiger partial charge on any atom is -0.444 e. The maximum atomic E-state index is 11.4. The fourth-order valence-corrected chi connectivity index (χ4v) is 1.28. The lowest BCUT2D eigenvalue weighted by Crippen LogP contribution is -2.32. The molecule has 1 amide bonds. The molecule has 0 aliphatic carbocycles. The van der Waals surface area contributed by atoms with Gasteiger partial charge in [0.15, 0.2) is 0 Å². The summed E-state index contributed by atoms with van der Waals surface area (Å²) in [7, 11) is 0. The third kappa shape index (κ3) is 4.72. The number of alkyl carbamates (subject to hydrolysis) is 1. The van der Waals surface area contributed by atoms with Crippen LogP contribution in [0.3, 0.4) is 0 Å². The van der Waals surface area contributed by atoms with Crippen LogP contribution >= 0.6 is 0 Å². The molecule has 0 unspecified atom stereocenters. The van der Waals surface area contributed by atoms with Gasteiger partial charge in [-0.1, -0.05) is 6.07 Å². The van der Waals surface area contributed by atoms with Crippen LogP contribution < -0.4 is 11.1 Å². The summed E-state index contributed by atoms with van der Waals surface area (Å²) in [6.07, 6.45) is -0.436. The van der Waals surface area contributed by atoms with Crippen molar-refractivity contribution in [3.05, 3.63) is 23.4 Å². The first-order valence-electron chi connectivity index (χ1n) is 5.47. The molecule has 0 radical (unpaired) electrons. The van der Waals surface area contributed by atoms with Crippen LogP contribution in [0.2, 0.25) is 0 Å². The molecule has 0 bridgehead atoms. The zero-order valence-corrected chi connectivity index (χ0v) is 10.7. The number of nitrogen functional groups attached to an aromatic ring is 1. The van der Waals surface area contributed by atoms with Gasteiger partial charge in [0.1, 0.15) is 11.4 Å². The number of hydrogen-bond acceptors (Lipinski definition) is 4. The summed E-state index contributed by atoms with van der Waals surface area (Å²) < 4.78 is 5.13. The molecule has 1 heterocycles. The Labute approximate surface area is 101 Å². The molecule has 17 heavy (non-hydrogen) atoms. The first-order valence-corrected chi connectivity index (χ1v) is 5.47. The highest BCUT2D eigenvalue weighted by atomic mass is 16.6. The smallest absolute Gasteiger partial charge is 0.407 e. The number of amides is 1. The van der Waals surface area contributed by atoms with Crippen LogP contribution in [0.25, 0.3) is 0 Å². The van der Waals surface area contributed by atoms with Crippen molar-refractivity contribution in [1.82, 2.24) is 10.3 Å². The van der Waals surface area contributed by atoms with Crippen molar-refractivity contribution < 1.29 is 9.53 Å². The highest BCUT2D eigenvalue weighted by Gasteiger charge is 2.15. The normalized spacial score (nSPS) is 11.1. The predicted molar refractivity (Wildman–Crippen MR) is 66.5 cm³/mol. The topological polar surface area (TPSA) is 77.2 Å². The Morgan fingerprint density at radius 1 is 1.47 bits per heavy atom. The van der Waals surface area contributed by atoms with Gasteiger partial charge in [-0.25, -0.2) is 9.78 Å². The van der Waals surface area contributed by atoms with Gasteiger partial charge in [-0.15, -0.1) is 0 Å². The number of aryl methyl sites for hydroxylation is 1. The van der Waals surface area contributed by atoms with Gasteiger partial charge in [0.2, 0.25) is 0 Å². The number of anilines is 1. The Hall–Kier alpha value is -1.78. The maximum absolute atomic E-state index is 11.4. The number of carbonyl (C=O) groups is 1. The van der Waals surface area contributed by atoms with E-state index in [9.17, 15) is 4.79 Å². The monoisotopic (exact) mass is 237 g/mol. The summed E-state index contributed by atoms with van der Waals surface area (Å²) in [5.74, 6) is 0.475. The highest BCUT2D eigenvalue weighted by molar-refractivity contribution is 5.67. The number of hydrogen-bond donors (Lipinski definition) is 2. The quantitative estimate of drug-likeness (QED) is 0.824. The number of nitrogens with zero attached hydrogens (tertiary/aromatic N) is 1. The second-order valence-electron chi connectivity index (χ2n) is 4.84. The van der Waals surface area contributed by atoms with E-state index in [4.69, 9.17) is 10.5 Å². The van der Waals surface area contributed by atoms with E-state index in [-0.39, 0.29) is 0 Å². The minimum atomic E-state index is -0.488. The summed E-state index contributed by atoms with van der Waals surface area (Å²) >= 11 is 0. The van der Waals surface area contributed by atoms with Crippen LogP contribution in [0.5, 0.6) is 0 Å². The van der Waals surface area contributed by atoms with Gasteiger partial charge in [-0.05, 0) is 39.3 Å². The number of aromatic nitrogens is 1. The fraction of sp³-hybridized carbons (Fsp3) is 0.500. The SMILES string of the molecule is Cc1nc(N)ccc1CNC(=O)OC(C)(C)C. The van der Waals surface area contributed by atoms with E-state index in [0.29, 0.717) is 12.4 Å². The molecule has 0 fully saturated rings. The largest absolute Gasteiger partial charge is 0.444 e. The molecule has 5 heteroatoms. The number of nitrogens with two attached hydrogens (primary N) is 1. The van der Waals surface area contributed by atoms with Gasteiger partial charge in [-0.3, -0.25) is 0 Å². The molecule has 1 rings (SSSR count). The number of carbonyl (C=O) groups excluding carboxylic acids is 1. The zero-order chi connectivity index (χ0) is 13.1. The molecular weight excluding hydrogens is 218 g/mol. The van der Waals surface area contributed by atoms with Gasteiger partial charge in [-0.2, -0.15) is 0 Å². The van der Waals surface area contributed by atoms with Crippen LogP contribution in [0, 0.1) is 6.92 Å². The zero-order valence-electron chi connectivity index (χ0n) is 10.7. The van der Waals surface area contributed by atoms with E-state index in [2.05, 4.69) is 10.3 Å². The Bertz CT molecular complexity index is 411. The summed E-state index contributed by atoms with van der Waals surface area (Å²) in [5.41, 5.74) is 6.78. The van der Waals surface area contributed by atoms with E-state index in [1.165, 1.54) is 0 Å². The molecule has 0 aromatic carbocycles. The lowest BCUT2D eigenvalue weighted by atomic mass is 10.2. The van der Waals surface area contributed by atoms with E-state index in [0.717, 1.165) is 11.3 Å². The lowest BCUT2D eigenvalue weighted by Gasteiger charge is -2.19. The van der Waals surface area contributed by atoms with Crippen molar-refractivity contribution in [1.29, 1.82) is 0 Å². The van der Waals surface area contributed by atoms with Crippen molar-refractivity contribution in [2.45, 2.75) is 39.8 Å². The summed E-state index contributed by atoms with van der Waals surface area (Å²) in [6, 6.07) is 3.55. The van der Waals surface area contributed by atoms with Gasteiger partial charge in [0.05, 0.1) is 0 Å². The van der Waals surface area contributed by atoms with Crippen LogP contribution in [0.1, 0.15) is 32.0 Å². The average Bonchev–Trinajstić information content (AvgIpc) is 2.13. The Kier molecular flexibility index (Phi) is 3.93. The third-order valence-corrected chi connectivity index (χ3v) is 2.04. The molecule has 0 spiro atoms. The molecule has 0 aliphatic rings. The molecule has 1 aromatic rings. The van der Waals surface area contributed by atoms with Crippen molar-refractivity contribution in [3.8, 4) is 0 Å². The van der Waals surface area contributed by atoms with E-state index < -0.39 is 11.7 Å².